The molecule has 0 saturated carbocycles. The highest BCUT2D eigenvalue weighted by Crippen LogP contribution is 2.30. The van der Waals surface area contributed by atoms with E-state index >= 15 is 0 Å². The van der Waals surface area contributed by atoms with Crippen molar-refractivity contribution in [3.8, 4) is 6.07 Å². The predicted octanol–water partition coefficient (Wildman–Crippen LogP) is 3.09. The van der Waals surface area contributed by atoms with Gasteiger partial charge in [0.1, 0.15) is 6.07 Å². The number of para-hydroxylation sites is 1. The van der Waals surface area contributed by atoms with Crippen LogP contribution >= 0.6 is 0 Å². The monoisotopic (exact) mass is 328 g/mol. The molecule has 0 atom stereocenters. The van der Waals surface area contributed by atoms with Crippen LogP contribution in [-0.2, 0) is 6.54 Å². The molecule has 0 N–H and O–H groups in total. The molecule has 0 fully saturated rings. The number of aryl methyl sites for hydroxylation is 1. The Morgan fingerprint density at radius 3 is 2.88 bits per heavy atom. The molecule has 0 aliphatic carbocycles. The average molecular weight is 328 g/mol. The van der Waals surface area contributed by atoms with Crippen LogP contribution in [0.5, 0.6) is 0 Å². The molecule has 3 aromatic heterocycles. The number of hydrogen-bond acceptors (Lipinski definition) is 5. The maximum atomic E-state index is 9.54. The van der Waals surface area contributed by atoms with Gasteiger partial charge in [0.2, 0.25) is 0 Å². The molecule has 0 radical (unpaired) electrons. The highest BCUT2D eigenvalue weighted by molar-refractivity contribution is 5.95. The first kappa shape index (κ1) is 15.1. The van der Waals surface area contributed by atoms with Gasteiger partial charge in [-0.3, -0.25) is 9.38 Å². The van der Waals surface area contributed by atoms with Gasteiger partial charge in [0, 0.05) is 24.8 Å². The molecular weight excluding hydrogens is 312 g/mol. The molecule has 0 bridgehead atoms. The summed E-state index contributed by atoms with van der Waals surface area (Å²) in [6, 6.07) is 14.1. The lowest BCUT2D eigenvalue weighted by Crippen LogP contribution is -2.20. The number of benzene rings is 1. The van der Waals surface area contributed by atoms with E-state index in [1.807, 2.05) is 65.9 Å². The van der Waals surface area contributed by atoms with E-state index in [4.69, 9.17) is 0 Å². The van der Waals surface area contributed by atoms with Gasteiger partial charge in [-0.1, -0.05) is 24.3 Å². The molecule has 122 valence electrons. The van der Waals surface area contributed by atoms with Crippen molar-refractivity contribution in [3.05, 3.63) is 65.7 Å². The zero-order valence-electron chi connectivity index (χ0n) is 14.0. The van der Waals surface area contributed by atoms with Gasteiger partial charge in [-0.2, -0.15) is 5.26 Å². The Labute approximate surface area is 145 Å². The summed E-state index contributed by atoms with van der Waals surface area (Å²) in [5.74, 6) is 0.819. The molecular formula is C19H16N6. The number of rotatable bonds is 3. The Kier molecular flexibility index (Phi) is 3.55. The van der Waals surface area contributed by atoms with E-state index in [9.17, 15) is 5.26 Å². The first-order valence-corrected chi connectivity index (χ1v) is 7.97. The molecule has 6 heteroatoms. The first-order chi connectivity index (χ1) is 12.2. The van der Waals surface area contributed by atoms with Crippen molar-refractivity contribution in [1.29, 1.82) is 5.26 Å². The van der Waals surface area contributed by atoms with Crippen LogP contribution in [-0.4, -0.2) is 26.6 Å². The fraction of sp³-hybridized carbons (Fsp3) is 0.158. The van der Waals surface area contributed by atoms with Gasteiger partial charge in [0.25, 0.3) is 0 Å². The highest BCUT2D eigenvalue weighted by atomic mass is 15.3. The lowest BCUT2D eigenvalue weighted by atomic mass is 10.1. The van der Waals surface area contributed by atoms with E-state index in [0.29, 0.717) is 12.1 Å². The molecule has 0 aliphatic rings. The largest absolute Gasteiger partial charge is 0.365 e. The van der Waals surface area contributed by atoms with E-state index in [-0.39, 0.29) is 0 Å². The Morgan fingerprint density at radius 2 is 2.04 bits per heavy atom. The second-order valence-electron chi connectivity index (χ2n) is 6.00. The molecule has 0 spiro atoms. The second-order valence-corrected chi connectivity index (χ2v) is 6.00. The maximum Gasteiger partial charge on any atom is 0.160 e. The fourth-order valence-corrected chi connectivity index (χ4v) is 3.14. The molecule has 0 amide bonds. The molecule has 25 heavy (non-hydrogen) atoms. The number of fused-ring (bicyclic) bond motifs is 2. The van der Waals surface area contributed by atoms with Crippen LogP contribution in [0.3, 0.4) is 0 Å². The maximum absolute atomic E-state index is 9.54. The quantitative estimate of drug-likeness (QED) is 0.578. The number of nitrogens with zero attached hydrogens (tertiary/aromatic N) is 6. The van der Waals surface area contributed by atoms with Crippen LogP contribution in [0.1, 0.15) is 17.0 Å². The normalized spacial score (nSPS) is 10.9. The molecule has 0 unspecified atom stereocenters. The van der Waals surface area contributed by atoms with Crippen molar-refractivity contribution in [2.75, 3.05) is 11.9 Å². The van der Waals surface area contributed by atoms with Gasteiger partial charge in [-0.15, -0.1) is 10.2 Å². The van der Waals surface area contributed by atoms with Crippen LogP contribution in [0.15, 0.2) is 48.8 Å². The average Bonchev–Trinajstić information content (AvgIpc) is 3.04. The summed E-state index contributed by atoms with van der Waals surface area (Å²) in [7, 11) is 1.96. The summed E-state index contributed by atoms with van der Waals surface area (Å²) in [5, 5.41) is 19.0. The van der Waals surface area contributed by atoms with Crippen molar-refractivity contribution < 1.29 is 0 Å². The van der Waals surface area contributed by atoms with Crippen molar-refractivity contribution in [1.82, 2.24) is 19.6 Å². The van der Waals surface area contributed by atoms with Crippen LogP contribution in [0.25, 0.3) is 16.6 Å². The lowest BCUT2D eigenvalue weighted by molar-refractivity contribution is 0.822. The van der Waals surface area contributed by atoms with E-state index in [1.165, 1.54) is 0 Å². The topological polar surface area (TPSA) is 70.1 Å². The zero-order chi connectivity index (χ0) is 17.4. The first-order valence-electron chi connectivity index (χ1n) is 7.97. The summed E-state index contributed by atoms with van der Waals surface area (Å²) in [6.07, 6.45) is 3.58. The summed E-state index contributed by atoms with van der Waals surface area (Å²) in [6.45, 7) is 2.56. The molecule has 0 saturated heterocycles. The third-order valence-corrected chi connectivity index (χ3v) is 4.34. The van der Waals surface area contributed by atoms with E-state index in [1.54, 1.807) is 6.20 Å². The fourth-order valence-electron chi connectivity index (χ4n) is 3.14. The number of pyridine rings is 2. The molecule has 6 nitrogen and oxygen atoms in total. The minimum atomic E-state index is 0.535. The zero-order valence-corrected chi connectivity index (χ0v) is 14.0. The van der Waals surface area contributed by atoms with Crippen LogP contribution in [0.4, 0.5) is 5.69 Å². The Hall–Kier alpha value is -3.46. The van der Waals surface area contributed by atoms with Gasteiger partial charge < -0.3 is 4.90 Å². The van der Waals surface area contributed by atoms with Crippen LogP contribution in [0.2, 0.25) is 0 Å². The van der Waals surface area contributed by atoms with Gasteiger partial charge in [0.15, 0.2) is 11.5 Å². The van der Waals surface area contributed by atoms with Crippen molar-refractivity contribution in [2.24, 2.45) is 0 Å². The van der Waals surface area contributed by atoms with Crippen molar-refractivity contribution in [3.63, 3.8) is 0 Å². The van der Waals surface area contributed by atoms with E-state index in [0.717, 1.165) is 33.6 Å². The number of aromatic nitrogens is 4. The molecule has 0 aliphatic heterocycles. The van der Waals surface area contributed by atoms with Gasteiger partial charge >= 0.3 is 0 Å². The van der Waals surface area contributed by atoms with Gasteiger partial charge in [-0.25, -0.2) is 0 Å². The summed E-state index contributed by atoms with van der Waals surface area (Å²) in [4.78, 5) is 6.49. The Bertz CT molecular complexity index is 1120. The standard InChI is InChI=1S/C19H16N6/c1-13-6-5-7-15-18(13)21-11-14(10-20)19(15)24(2)12-17-23-22-16-8-3-4-9-25(16)17/h3-9,11H,12H2,1-2H3. The van der Waals surface area contributed by atoms with E-state index in [2.05, 4.69) is 21.3 Å². The summed E-state index contributed by atoms with van der Waals surface area (Å²) >= 11 is 0. The van der Waals surface area contributed by atoms with Crippen molar-refractivity contribution in [2.45, 2.75) is 13.5 Å². The van der Waals surface area contributed by atoms with Crippen molar-refractivity contribution >= 4 is 22.2 Å². The molecule has 1 aromatic carbocycles. The number of anilines is 1. The van der Waals surface area contributed by atoms with Crippen LogP contribution in [0, 0.1) is 18.3 Å². The molecule has 3 heterocycles. The van der Waals surface area contributed by atoms with Crippen LogP contribution < -0.4 is 4.90 Å². The minimum absolute atomic E-state index is 0.535. The van der Waals surface area contributed by atoms with Gasteiger partial charge in [0.05, 0.1) is 23.3 Å². The third kappa shape index (κ3) is 2.46. The molecule has 4 rings (SSSR count). The Balaban J connectivity index is 1.83. The van der Waals surface area contributed by atoms with E-state index < -0.39 is 0 Å². The summed E-state index contributed by atoms with van der Waals surface area (Å²) < 4.78 is 1.96. The van der Waals surface area contributed by atoms with Gasteiger partial charge in [-0.05, 0) is 24.6 Å². The summed E-state index contributed by atoms with van der Waals surface area (Å²) in [5.41, 5.74) is 4.22. The Morgan fingerprint density at radius 1 is 1.16 bits per heavy atom. The SMILES string of the molecule is Cc1cccc2c(N(C)Cc3nnc4ccccn34)c(C#N)cnc12. The highest BCUT2D eigenvalue weighted by Gasteiger charge is 2.16. The third-order valence-electron chi connectivity index (χ3n) is 4.34. The molecule has 4 aromatic rings. The number of hydrogen-bond donors (Lipinski definition) is 0. The second kappa shape index (κ2) is 5.87. The predicted molar refractivity (Wildman–Crippen MR) is 96.3 cm³/mol. The lowest BCUT2D eigenvalue weighted by Gasteiger charge is -2.21. The number of nitriles is 1. The minimum Gasteiger partial charge on any atom is -0.365 e. The smallest absolute Gasteiger partial charge is 0.160 e.